The summed E-state index contributed by atoms with van der Waals surface area (Å²) >= 11 is 1.59. The third-order valence-corrected chi connectivity index (χ3v) is 3.22. The standard InChI is InChI=1S/C10H17N3OS.2ClH/c1-6(7(2)11)10(14)13-5-9-4-12-8(3)15-9;;/h4,6-7H,5,11H2,1-3H3,(H,13,14);2*1H. The van der Waals surface area contributed by atoms with Gasteiger partial charge in [-0.25, -0.2) is 4.98 Å². The molecule has 1 aromatic rings. The average molecular weight is 300 g/mol. The number of halogens is 2. The van der Waals surface area contributed by atoms with Crippen LogP contribution < -0.4 is 11.1 Å². The van der Waals surface area contributed by atoms with E-state index in [4.69, 9.17) is 5.73 Å². The van der Waals surface area contributed by atoms with E-state index in [2.05, 4.69) is 10.3 Å². The molecule has 2 atom stereocenters. The van der Waals surface area contributed by atoms with Crippen molar-refractivity contribution in [2.45, 2.75) is 33.4 Å². The number of amides is 1. The van der Waals surface area contributed by atoms with E-state index in [1.807, 2.05) is 20.8 Å². The minimum absolute atomic E-state index is 0. The molecule has 3 N–H and O–H groups in total. The van der Waals surface area contributed by atoms with Crippen LogP contribution in [0.25, 0.3) is 0 Å². The number of hydrogen-bond acceptors (Lipinski definition) is 4. The molecular formula is C10H19Cl2N3OS. The van der Waals surface area contributed by atoms with Gasteiger partial charge in [-0.15, -0.1) is 36.2 Å². The molecule has 4 nitrogen and oxygen atoms in total. The fraction of sp³-hybridized carbons (Fsp3) is 0.600. The highest BCUT2D eigenvalue weighted by Crippen LogP contribution is 2.11. The fourth-order valence-electron chi connectivity index (χ4n) is 1.06. The third kappa shape index (κ3) is 6.21. The number of hydrogen-bond donors (Lipinski definition) is 2. The second-order valence-electron chi connectivity index (χ2n) is 3.71. The van der Waals surface area contributed by atoms with Gasteiger partial charge in [0.05, 0.1) is 11.6 Å². The Balaban J connectivity index is 0. The van der Waals surface area contributed by atoms with Crippen LogP contribution in [-0.4, -0.2) is 16.9 Å². The molecule has 100 valence electrons. The quantitative estimate of drug-likeness (QED) is 0.892. The summed E-state index contributed by atoms with van der Waals surface area (Å²) in [5.41, 5.74) is 5.64. The molecule has 1 rings (SSSR count). The molecule has 0 spiro atoms. The van der Waals surface area contributed by atoms with E-state index in [1.54, 1.807) is 17.5 Å². The van der Waals surface area contributed by atoms with Gasteiger partial charge in [-0.05, 0) is 13.8 Å². The number of rotatable bonds is 4. The van der Waals surface area contributed by atoms with Crippen molar-refractivity contribution in [1.29, 1.82) is 0 Å². The van der Waals surface area contributed by atoms with Gasteiger partial charge in [-0.1, -0.05) is 6.92 Å². The van der Waals surface area contributed by atoms with Crippen LogP contribution in [0.15, 0.2) is 6.20 Å². The SMILES string of the molecule is Cc1ncc(CNC(=O)C(C)C(C)N)s1.Cl.Cl. The van der Waals surface area contributed by atoms with E-state index in [9.17, 15) is 4.79 Å². The Bertz CT molecular complexity index is 344. The van der Waals surface area contributed by atoms with Crippen LogP contribution in [0.1, 0.15) is 23.7 Å². The van der Waals surface area contributed by atoms with Gasteiger partial charge < -0.3 is 11.1 Å². The molecule has 0 aliphatic heterocycles. The van der Waals surface area contributed by atoms with Crippen LogP contribution in [0.2, 0.25) is 0 Å². The molecule has 0 fully saturated rings. The van der Waals surface area contributed by atoms with Gasteiger partial charge in [0.1, 0.15) is 0 Å². The van der Waals surface area contributed by atoms with Gasteiger partial charge in [-0.2, -0.15) is 0 Å². The van der Waals surface area contributed by atoms with E-state index in [0.29, 0.717) is 6.54 Å². The number of carbonyl (C=O) groups excluding carboxylic acids is 1. The maximum absolute atomic E-state index is 11.6. The molecule has 7 heteroatoms. The van der Waals surface area contributed by atoms with Crippen molar-refractivity contribution in [2.75, 3.05) is 0 Å². The summed E-state index contributed by atoms with van der Waals surface area (Å²) in [5.74, 6) is -0.157. The smallest absolute Gasteiger partial charge is 0.224 e. The largest absolute Gasteiger partial charge is 0.351 e. The van der Waals surface area contributed by atoms with Crippen molar-refractivity contribution in [3.63, 3.8) is 0 Å². The number of nitrogens with zero attached hydrogens (tertiary/aromatic N) is 1. The third-order valence-electron chi connectivity index (χ3n) is 2.31. The predicted octanol–water partition coefficient (Wildman–Crippen LogP) is 1.89. The maximum atomic E-state index is 11.6. The van der Waals surface area contributed by atoms with Gasteiger partial charge in [0.15, 0.2) is 0 Å². The summed E-state index contributed by atoms with van der Waals surface area (Å²) in [6.07, 6.45) is 1.79. The molecular weight excluding hydrogens is 281 g/mol. The normalized spacial score (nSPS) is 12.9. The first-order valence-corrected chi connectivity index (χ1v) is 5.77. The second kappa shape index (κ2) is 8.69. The summed E-state index contributed by atoms with van der Waals surface area (Å²) in [6, 6.07) is -0.117. The van der Waals surface area contributed by atoms with E-state index in [-0.39, 0.29) is 42.7 Å². The fourth-order valence-corrected chi connectivity index (χ4v) is 1.80. The summed E-state index contributed by atoms with van der Waals surface area (Å²) < 4.78 is 0. The molecule has 1 heterocycles. The monoisotopic (exact) mass is 299 g/mol. The highest BCUT2D eigenvalue weighted by molar-refractivity contribution is 7.11. The summed E-state index contributed by atoms with van der Waals surface area (Å²) in [5, 5.41) is 3.86. The maximum Gasteiger partial charge on any atom is 0.224 e. The number of aromatic nitrogens is 1. The minimum Gasteiger partial charge on any atom is -0.351 e. The molecule has 2 unspecified atom stereocenters. The molecule has 1 aromatic heterocycles. The lowest BCUT2D eigenvalue weighted by molar-refractivity contribution is -0.125. The Hall–Kier alpha value is -0.360. The van der Waals surface area contributed by atoms with Crippen molar-refractivity contribution < 1.29 is 4.79 Å². The van der Waals surface area contributed by atoms with Gasteiger partial charge in [-0.3, -0.25) is 4.79 Å². The number of nitrogens with two attached hydrogens (primary N) is 1. The van der Waals surface area contributed by atoms with E-state index in [0.717, 1.165) is 9.88 Å². The van der Waals surface area contributed by atoms with Gasteiger partial charge in [0, 0.05) is 23.0 Å². The van der Waals surface area contributed by atoms with Crippen molar-refractivity contribution in [2.24, 2.45) is 11.7 Å². The Morgan fingerprint density at radius 1 is 1.53 bits per heavy atom. The molecule has 0 radical (unpaired) electrons. The molecule has 0 bridgehead atoms. The summed E-state index contributed by atoms with van der Waals surface area (Å²) in [6.45, 7) is 6.15. The van der Waals surface area contributed by atoms with E-state index >= 15 is 0 Å². The average Bonchev–Trinajstić information content (AvgIpc) is 2.59. The van der Waals surface area contributed by atoms with Crippen LogP contribution in [-0.2, 0) is 11.3 Å². The Morgan fingerprint density at radius 2 is 2.12 bits per heavy atom. The van der Waals surface area contributed by atoms with Crippen molar-refractivity contribution in [1.82, 2.24) is 10.3 Å². The van der Waals surface area contributed by atoms with Crippen LogP contribution in [0.4, 0.5) is 0 Å². The first-order valence-electron chi connectivity index (χ1n) is 4.95. The van der Waals surface area contributed by atoms with Crippen molar-refractivity contribution in [3.8, 4) is 0 Å². The van der Waals surface area contributed by atoms with Crippen LogP contribution in [0.3, 0.4) is 0 Å². The first-order chi connectivity index (χ1) is 7.00. The van der Waals surface area contributed by atoms with Gasteiger partial charge >= 0.3 is 0 Å². The zero-order chi connectivity index (χ0) is 11.4. The number of carbonyl (C=O) groups is 1. The number of nitrogens with one attached hydrogen (secondary N) is 1. The molecule has 0 saturated carbocycles. The lowest BCUT2D eigenvalue weighted by Gasteiger charge is -2.14. The highest BCUT2D eigenvalue weighted by atomic mass is 35.5. The Labute approximate surface area is 118 Å². The molecule has 0 aliphatic rings. The lowest BCUT2D eigenvalue weighted by Crippen LogP contribution is -2.38. The zero-order valence-electron chi connectivity index (χ0n) is 10.1. The minimum atomic E-state index is -0.154. The molecule has 17 heavy (non-hydrogen) atoms. The Kier molecular flexibility index (Phi) is 9.71. The van der Waals surface area contributed by atoms with Gasteiger partial charge in [0.25, 0.3) is 0 Å². The predicted molar refractivity (Wildman–Crippen MR) is 76.0 cm³/mol. The second-order valence-corrected chi connectivity index (χ2v) is 5.03. The first kappa shape index (κ1) is 19.0. The van der Waals surface area contributed by atoms with Gasteiger partial charge in [0.2, 0.25) is 5.91 Å². The zero-order valence-corrected chi connectivity index (χ0v) is 12.5. The summed E-state index contributed by atoms with van der Waals surface area (Å²) in [4.78, 5) is 16.7. The Morgan fingerprint density at radius 3 is 2.53 bits per heavy atom. The summed E-state index contributed by atoms with van der Waals surface area (Å²) in [7, 11) is 0. The number of thiazole rings is 1. The molecule has 0 aromatic carbocycles. The molecule has 0 aliphatic carbocycles. The van der Waals surface area contributed by atoms with Crippen LogP contribution in [0.5, 0.6) is 0 Å². The molecule has 1 amide bonds. The van der Waals surface area contributed by atoms with Crippen molar-refractivity contribution >= 4 is 42.1 Å². The van der Waals surface area contributed by atoms with E-state index < -0.39 is 0 Å². The molecule has 0 saturated heterocycles. The highest BCUT2D eigenvalue weighted by Gasteiger charge is 2.16. The van der Waals surface area contributed by atoms with Crippen LogP contribution in [0, 0.1) is 12.8 Å². The van der Waals surface area contributed by atoms with Crippen LogP contribution >= 0.6 is 36.2 Å². The van der Waals surface area contributed by atoms with E-state index in [1.165, 1.54) is 0 Å². The lowest BCUT2D eigenvalue weighted by atomic mass is 10.0. The topological polar surface area (TPSA) is 68.0 Å². The van der Waals surface area contributed by atoms with Crippen molar-refractivity contribution in [3.05, 3.63) is 16.1 Å². The number of aryl methyl sites for hydroxylation is 1.